The highest BCUT2D eigenvalue weighted by atomic mass is 16.6. The first-order valence-corrected chi connectivity index (χ1v) is 6.14. The smallest absolute Gasteiger partial charge is 0.407 e. The van der Waals surface area contributed by atoms with Gasteiger partial charge in [0.1, 0.15) is 11.6 Å². The molecular weight excluding hydrogens is 236 g/mol. The van der Waals surface area contributed by atoms with E-state index in [1.54, 1.807) is 20.8 Å². The van der Waals surface area contributed by atoms with Gasteiger partial charge in [-0.05, 0) is 45.4 Å². The molecule has 1 aliphatic carbocycles. The zero-order chi connectivity index (χ0) is 13.9. The fraction of sp³-hybridized carbons (Fsp3) is 0.833. The number of carboxylic acids is 1. The summed E-state index contributed by atoms with van der Waals surface area (Å²) < 4.78 is 5.10. The van der Waals surface area contributed by atoms with E-state index in [9.17, 15) is 9.59 Å². The first kappa shape index (κ1) is 14.8. The first-order chi connectivity index (χ1) is 8.19. The summed E-state index contributed by atoms with van der Waals surface area (Å²) in [5.74, 6) is -0.352. The van der Waals surface area contributed by atoms with Gasteiger partial charge in [0, 0.05) is 6.54 Å². The molecule has 0 bridgehead atoms. The van der Waals surface area contributed by atoms with Gasteiger partial charge >= 0.3 is 12.1 Å². The van der Waals surface area contributed by atoms with Crippen molar-refractivity contribution in [2.75, 3.05) is 6.54 Å². The molecule has 0 aliphatic heterocycles. The quantitative estimate of drug-likeness (QED) is 0.681. The lowest BCUT2D eigenvalue weighted by Crippen LogP contribution is -2.34. The van der Waals surface area contributed by atoms with Gasteiger partial charge in [-0.1, -0.05) is 0 Å². The number of carbonyl (C=O) groups excluding carboxylic acids is 1. The zero-order valence-corrected chi connectivity index (χ0v) is 11.1. The molecule has 0 aromatic heterocycles. The van der Waals surface area contributed by atoms with Crippen molar-refractivity contribution in [1.82, 2.24) is 5.32 Å². The number of aliphatic carboxylic acids is 1. The molecule has 0 aromatic rings. The minimum Gasteiger partial charge on any atom is -0.480 e. The summed E-state index contributed by atoms with van der Waals surface area (Å²) in [6, 6.07) is -0.804. The molecule has 6 nitrogen and oxygen atoms in total. The highest BCUT2D eigenvalue weighted by Crippen LogP contribution is 2.41. The summed E-state index contributed by atoms with van der Waals surface area (Å²) in [5, 5.41) is 11.4. The van der Waals surface area contributed by atoms with Gasteiger partial charge < -0.3 is 20.9 Å². The Bertz CT molecular complexity index is 325. The third kappa shape index (κ3) is 5.35. The summed E-state index contributed by atoms with van der Waals surface area (Å²) in [5.41, 5.74) is 4.95. The molecule has 1 saturated carbocycles. The molecule has 1 rings (SSSR count). The third-order valence-corrected chi connectivity index (χ3v) is 2.85. The summed E-state index contributed by atoms with van der Waals surface area (Å²) in [4.78, 5) is 22.0. The molecule has 0 spiro atoms. The monoisotopic (exact) mass is 258 g/mol. The van der Waals surface area contributed by atoms with Crippen LogP contribution in [0, 0.1) is 11.8 Å². The van der Waals surface area contributed by atoms with E-state index in [1.807, 2.05) is 0 Å². The van der Waals surface area contributed by atoms with Crippen molar-refractivity contribution >= 4 is 12.1 Å². The number of carbonyl (C=O) groups is 2. The van der Waals surface area contributed by atoms with Gasteiger partial charge in [-0.15, -0.1) is 0 Å². The minimum atomic E-state index is -0.972. The standard InChI is InChI=1S/C12H22N2O4/c1-12(2,3)18-11(17)14-6-8-4-7(8)5-9(13)10(15)16/h7-9H,4-6,13H2,1-3H3,(H,14,17)(H,15,16)/t7?,8?,9-/m0/s1. The maximum atomic E-state index is 11.4. The van der Waals surface area contributed by atoms with Crippen LogP contribution in [0.1, 0.15) is 33.6 Å². The van der Waals surface area contributed by atoms with Crippen LogP contribution in [0.15, 0.2) is 0 Å². The number of nitrogens with two attached hydrogens (primary N) is 1. The van der Waals surface area contributed by atoms with Crippen LogP contribution in [0.5, 0.6) is 0 Å². The number of rotatable bonds is 5. The molecule has 1 fully saturated rings. The highest BCUT2D eigenvalue weighted by Gasteiger charge is 2.39. The van der Waals surface area contributed by atoms with Crippen molar-refractivity contribution in [1.29, 1.82) is 0 Å². The van der Waals surface area contributed by atoms with Gasteiger partial charge in [0.2, 0.25) is 0 Å². The Kier molecular flexibility index (Phi) is 4.56. The Morgan fingerprint density at radius 2 is 2.06 bits per heavy atom. The van der Waals surface area contributed by atoms with Crippen molar-refractivity contribution in [2.24, 2.45) is 17.6 Å². The fourth-order valence-corrected chi connectivity index (χ4v) is 1.80. The summed E-state index contributed by atoms with van der Waals surface area (Å²) in [6.45, 7) is 5.93. The molecule has 104 valence electrons. The van der Waals surface area contributed by atoms with E-state index >= 15 is 0 Å². The van der Waals surface area contributed by atoms with Crippen molar-refractivity contribution < 1.29 is 19.4 Å². The number of carboxylic acid groups (broad SMARTS) is 1. The molecule has 0 saturated heterocycles. The van der Waals surface area contributed by atoms with Crippen molar-refractivity contribution in [3.63, 3.8) is 0 Å². The summed E-state index contributed by atoms with van der Waals surface area (Å²) in [7, 11) is 0. The molecule has 3 atom stereocenters. The lowest BCUT2D eigenvalue weighted by atomic mass is 10.1. The highest BCUT2D eigenvalue weighted by molar-refractivity contribution is 5.73. The van der Waals surface area contributed by atoms with E-state index in [2.05, 4.69) is 5.32 Å². The fourth-order valence-electron chi connectivity index (χ4n) is 1.80. The molecule has 1 amide bonds. The maximum absolute atomic E-state index is 11.4. The number of ether oxygens (including phenoxy) is 1. The third-order valence-electron chi connectivity index (χ3n) is 2.85. The van der Waals surface area contributed by atoms with Crippen molar-refractivity contribution in [3.8, 4) is 0 Å². The van der Waals surface area contributed by atoms with E-state index in [0.29, 0.717) is 24.8 Å². The van der Waals surface area contributed by atoms with E-state index in [-0.39, 0.29) is 0 Å². The van der Waals surface area contributed by atoms with Crippen LogP contribution in [0.3, 0.4) is 0 Å². The van der Waals surface area contributed by atoms with E-state index in [1.165, 1.54) is 0 Å². The van der Waals surface area contributed by atoms with Gasteiger partial charge in [-0.25, -0.2) is 4.79 Å². The second kappa shape index (κ2) is 5.56. The maximum Gasteiger partial charge on any atom is 0.407 e. The minimum absolute atomic E-state index is 0.297. The van der Waals surface area contributed by atoms with Crippen LogP contribution >= 0.6 is 0 Å². The number of amides is 1. The molecule has 0 heterocycles. The second-order valence-corrected chi connectivity index (χ2v) is 5.82. The topological polar surface area (TPSA) is 102 Å². The zero-order valence-electron chi connectivity index (χ0n) is 11.1. The summed E-state index contributed by atoms with van der Waals surface area (Å²) in [6.07, 6.45) is 0.947. The Hall–Kier alpha value is -1.30. The Labute approximate surface area is 107 Å². The van der Waals surface area contributed by atoms with Crippen LogP contribution in [0.25, 0.3) is 0 Å². The van der Waals surface area contributed by atoms with Gasteiger partial charge in [-0.3, -0.25) is 4.79 Å². The molecule has 6 heteroatoms. The average Bonchev–Trinajstić information content (AvgIpc) is 2.90. The van der Waals surface area contributed by atoms with E-state index in [0.717, 1.165) is 6.42 Å². The molecule has 4 N–H and O–H groups in total. The molecule has 1 aliphatic rings. The van der Waals surface area contributed by atoms with Crippen LogP contribution in [0.2, 0.25) is 0 Å². The second-order valence-electron chi connectivity index (χ2n) is 5.82. The Morgan fingerprint density at radius 3 is 2.56 bits per heavy atom. The predicted octanol–water partition coefficient (Wildman–Crippen LogP) is 0.949. The van der Waals surface area contributed by atoms with Crippen molar-refractivity contribution in [2.45, 2.75) is 45.3 Å². The van der Waals surface area contributed by atoms with Crippen LogP contribution in [0.4, 0.5) is 4.79 Å². The lowest BCUT2D eigenvalue weighted by Gasteiger charge is -2.19. The Morgan fingerprint density at radius 1 is 1.44 bits per heavy atom. The van der Waals surface area contributed by atoms with Crippen LogP contribution in [-0.4, -0.2) is 35.4 Å². The van der Waals surface area contributed by atoms with E-state index in [4.69, 9.17) is 15.6 Å². The molecular formula is C12H22N2O4. The largest absolute Gasteiger partial charge is 0.480 e. The first-order valence-electron chi connectivity index (χ1n) is 6.14. The van der Waals surface area contributed by atoms with E-state index < -0.39 is 23.7 Å². The van der Waals surface area contributed by atoms with Gasteiger partial charge in [-0.2, -0.15) is 0 Å². The van der Waals surface area contributed by atoms with Crippen molar-refractivity contribution in [3.05, 3.63) is 0 Å². The molecule has 0 aromatic carbocycles. The normalized spacial score (nSPS) is 24.2. The Balaban J connectivity index is 2.16. The molecule has 18 heavy (non-hydrogen) atoms. The van der Waals surface area contributed by atoms with Crippen LogP contribution in [-0.2, 0) is 9.53 Å². The SMILES string of the molecule is CC(C)(C)OC(=O)NCC1CC1C[C@H](N)C(=O)O. The van der Waals surface area contributed by atoms with Crippen LogP contribution < -0.4 is 11.1 Å². The predicted molar refractivity (Wildman–Crippen MR) is 66.1 cm³/mol. The van der Waals surface area contributed by atoms with Gasteiger partial charge in [0.15, 0.2) is 0 Å². The average molecular weight is 258 g/mol. The lowest BCUT2D eigenvalue weighted by molar-refractivity contribution is -0.138. The number of alkyl carbamates (subject to hydrolysis) is 1. The van der Waals surface area contributed by atoms with Gasteiger partial charge in [0.25, 0.3) is 0 Å². The number of hydrogen-bond donors (Lipinski definition) is 3. The molecule has 0 radical (unpaired) electrons. The summed E-state index contributed by atoms with van der Waals surface area (Å²) >= 11 is 0. The molecule has 2 unspecified atom stereocenters. The number of hydrogen-bond acceptors (Lipinski definition) is 4. The number of nitrogens with one attached hydrogen (secondary N) is 1. The van der Waals surface area contributed by atoms with Gasteiger partial charge in [0.05, 0.1) is 0 Å².